The Balaban J connectivity index is 0.00000112. The molecule has 4 heteroatoms. The second kappa shape index (κ2) is 5.14. The second-order valence-electron chi connectivity index (χ2n) is 3.51. The number of nitrogens with two attached hydrogens (primary N) is 1. The molecule has 1 aromatic rings. The average molecular weight is 228 g/mol. The molecular weight excluding hydrogens is 214 g/mol. The summed E-state index contributed by atoms with van der Waals surface area (Å²) in [6.07, 6.45) is 0.976. The molecule has 15 heavy (non-hydrogen) atoms. The minimum Gasteiger partial charge on any atom is -0.381 e. The Hall–Kier alpha value is -1.06. The summed E-state index contributed by atoms with van der Waals surface area (Å²) in [5.41, 5.74) is 6.96. The number of hydrogen-bond donors (Lipinski definition) is 1. The molecule has 3 nitrogen and oxygen atoms in total. The van der Waals surface area contributed by atoms with Gasteiger partial charge in [-0.3, -0.25) is 4.79 Å². The first-order chi connectivity index (χ1) is 6.79. The molecule has 1 heterocycles. The van der Waals surface area contributed by atoms with Crippen LogP contribution in [0.2, 0.25) is 0 Å². The molecule has 2 N–H and O–H groups in total. The van der Waals surface area contributed by atoms with Gasteiger partial charge in [0.1, 0.15) is 0 Å². The number of hydrogen-bond acceptors (Lipinski definition) is 2. The lowest BCUT2D eigenvalue weighted by Gasteiger charge is -2.11. The lowest BCUT2D eigenvalue weighted by atomic mass is 9.93. The van der Waals surface area contributed by atoms with Crippen molar-refractivity contribution in [3.8, 4) is 0 Å². The molecule has 0 spiro atoms. The molecular formula is C11H14ClNO2. The highest BCUT2D eigenvalue weighted by Crippen LogP contribution is 2.27. The van der Waals surface area contributed by atoms with Gasteiger partial charge in [-0.1, -0.05) is 18.2 Å². The van der Waals surface area contributed by atoms with Crippen LogP contribution in [0, 0.1) is 0 Å². The fourth-order valence-electron chi connectivity index (χ4n) is 1.86. The van der Waals surface area contributed by atoms with Crippen molar-refractivity contribution in [1.82, 2.24) is 0 Å². The molecule has 1 aliphatic rings. The van der Waals surface area contributed by atoms with Gasteiger partial charge in [0, 0.05) is 18.1 Å². The molecule has 0 bridgehead atoms. The van der Waals surface area contributed by atoms with E-state index in [0.29, 0.717) is 18.1 Å². The smallest absolute Gasteiger partial charge is 0.248 e. The first-order valence-electron chi connectivity index (χ1n) is 4.75. The summed E-state index contributed by atoms with van der Waals surface area (Å²) in [5, 5.41) is 0. The predicted molar refractivity (Wildman–Crippen MR) is 60.4 cm³/mol. The van der Waals surface area contributed by atoms with E-state index < -0.39 is 0 Å². The van der Waals surface area contributed by atoms with Gasteiger partial charge in [-0.05, 0) is 18.1 Å². The zero-order valence-corrected chi connectivity index (χ0v) is 9.13. The predicted octanol–water partition coefficient (Wildman–Crippen LogP) is 1.71. The van der Waals surface area contributed by atoms with E-state index in [2.05, 4.69) is 0 Å². The van der Waals surface area contributed by atoms with E-state index in [4.69, 9.17) is 10.5 Å². The van der Waals surface area contributed by atoms with Crippen LogP contribution in [0.3, 0.4) is 0 Å². The largest absolute Gasteiger partial charge is 0.381 e. The first-order valence-corrected chi connectivity index (χ1v) is 4.75. The van der Waals surface area contributed by atoms with E-state index in [1.54, 1.807) is 6.07 Å². The standard InChI is InChI=1S/C11H13NO2.ClH/c12-11(13)10-4-2-1-3-9(10)8-5-6-14-7-8;/h1-4,8H,5-7H2,(H2,12,13);1H. The number of amides is 1. The number of carbonyl (C=O) groups is 1. The van der Waals surface area contributed by atoms with Crippen LogP contribution in [-0.2, 0) is 4.74 Å². The molecule has 1 unspecified atom stereocenters. The van der Waals surface area contributed by atoms with Crippen molar-refractivity contribution in [2.45, 2.75) is 12.3 Å². The van der Waals surface area contributed by atoms with Crippen LogP contribution >= 0.6 is 12.4 Å². The van der Waals surface area contributed by atoms with Gasteiger partial charge in [0.15, 0.2) is 0 Å². The zero-order valence-electron chi connectivity index (χ0n) is 8.31. The monoisotopic (exact) mass is 227 g/mol. The van der Waals surface area contributed by atoms with E-state index >= 15 is 0 Å². The van der Waals surface area contributed by atoms with Crippen molar-refractivity contribution in [2.24, 2.45) is 5.73 Å². The quantitative estimate of drug-likeness (QED) is 0.836. The third-order valence-corrected chi connectivity index (χ3v) is 2.60. The van der Waals surface area contributed by atoms with Crippen LogP contribution in [0.5, 0.6) is 0 Å². The fraction of sp³-hybridized carbons (Fsp3) is 0.364. The molecule has 0 saturated carbocycles. The molecule has 0 radical (unpaired) electrons. The molecule has 1 fully saturated rings. The maximum absolute atomic E-state index is 11.2. The average Bonchev–Trinajstić information content (AvgIpc) is 2.70. The summed E-state index contributed by atoms with van der Waals surface area (Å²) in [5.74, 6) is -0.0220. The lowest BCUT2D eigenvalue weighted by Crippen LogP contribution is -2.15. The van der Waals surface area contributed by atoms with Gasteiger partial charge in [0.05, 0.1) is 6.61 Å². The Labute approximate surface area is 95.0 Å². The lowest BCUT2D eigenvalue weighted by molar-refractivity contribution is 0.0999. The SMILES string of the molecule is Cl.NC(=O)c1ccccc1C1CCOC1. The van der Waals surface area contributed by atoms with Crippen LogP contribution in [0.25, 0.3) is 0 Å². The minimum atomic E-state index is -0.354. The molecule has 1 aromatic carbocycles. The number of carbonyl (C=O) groups excluding carboxylic acids is 1. The highest BCUT2D eigenvalue weighted by Gasteiger charge is 2.21. The molecule has 1 saturated heterocycles. The van der Waals surface area contributed by atoms with Crippen LogP contribution in [0.4, 0.5) is 0 Å². The van der Waals surface area contributed by atoms with Gasteiger partial charge in [-0.2, -0.15) is 0 Å². The van der Waals surface area contributed by atoms with Gasteiger partial charge < -0.3 is 10.5 Å². The van der Waals surface area contributed by atoms with E-state index in [0.717, 1.165) is 18.6 Å². The van der Waals surface area contributed by atoms with Gasteiger partial charge in [-0.15, -0.1) is 12.4 Å². The minimum absolute atomic E-state index is 0. The van der Waals surface area contributed by atoms with Crippen LogP contribution in [-0.4, -0.2) is 19.1 Å². The Morgan fingerprint density at radius 3 is 2.73 bits per heavy atom. The third-order valence-electron chi connectivity index (χ3n) is 2.60. The number of ether oxygens (including phenoxy) is 1. The van der Waals surface area contributed by atoms with E-state index in [1.165, 1.54) is 0 Å². The Morgan fingerprint density at radius 2 is 2.13 bits per heavy atom. The van der Waals surface area contributed by atoms with Crippen molar-refractivity contribution in [3.05, 3.63) is 35.4 Å². The van der Waals surface area contributed by atoms with Crippen LogP contribution in [0.1, 0.15) is 28.3 Å². The Bertz CT molecular complexity index is 348. The highest BCUT2D eigenvalue weighted by atomic mass is 35.5. The van der Waals surface area contributed by atoms with E-state index in [9.17, 15) is 4.79 Å². The first kappa shape index (κ1) is 12.0. The molecule has 82 valence electrons. The van der Waals surface area contributed by atoms with Crippen molar-refractivity contribution in [1.29, 1.82) is 0 Å². The van der Waals surface area contributed by atoms with Crippen molar-refractivity contribution in [3.63, 3.8) is 0 Å². The Kier molecular flexibility index (Phi) is 4.12. The molecule has 0 aliphatic carbocycles. The molecule has 1 amide bonds. The molecule has 1 aliphatic heterocycles. The zero-order chi connectivity index (χ0) is 9.97. The van der Waals surface area contributed by atoms with Crippen molar-refractivity contribution >= 4 is 18.3 Å². The van der Waals surface area contributed by atoms with Gasteiger partial charge in [0.25, 0.3) is 0 Å². The number of rotatable bonds is 2. The van der Waals surface area contributed by atoms with Crippen molar-refractivity contribution in [2.75, 3.05) is 13.2 Å². The fourth-order valence-corrected chi connectivity index (χ4v) is 1.86. The summed E-state index contributed by atoms with van der Waals surface area (Å²) in [6, 6.07) is 7.49. The number of halogens is 1. The van der Waals surface area contributed by atoms with Gasteiger partial charge in [0.2, 0.25) is 5.91 Å². The Morgan fingerprint density at radius 1 is 1.40 bits per heavy atom. The van der Waals surface area contributed by atoms with Crippen LogP contribution in [0.15, 0.2) is 24.3 Å². The molecule has 2 rings (SSSR count). The summed E-state index contributed by atoms with van der Waals surface area (Å²) >= 11 is 0. The van der Waals surface area contributed by atoms with E-state index in [-0.39, 0.29) is 18.3 Å². The summed E-state index contributed by atoms with van der Waals surface area (Å²) in [6.45, 7) is 1.47. The van der Waals surface area contributed by atoms with Crippen molar-refractivity contribution < 1.29 is 9.53 Å². The topological polar surface area (TPSA) is 52.3 Å². The maximum Gasteiger partial charge on any atom is 0.248 e. The third kappa shape index (κ3) is 2.49. The molecule has 1 atom stereocenters. The second-order valence-corrected chi connectivity index (χ2v) is 3.51. The number of benzene rings is 1. The number of primary amides is 1. The molecule has 0 aromatic heterocycles. The normalized spacial score (nSPS) is 19.6. The van der Waals surface area contributed by atoms with E-state index in [1.807, 2.05) is 18.2 Å². The summed E-state index contributed by atoms with van der Waals surface area (Å²) in [7, 11) is 0. The van der Waals surface area contributed by atoms with Gasteiger partial charge >= 0.3 is 0 Å². The summed E-state index contributed by atoms with van der Waals surface area (Å²) < 4.78 is 5.29. The highest BCUT2D eigenvalue weighted by molar-refractivity contribution is 5.94. The maximum atomic E-state index is 11.2. The summed E-state index contributed by atoms with van der Waals surface area (Å²) in [4.78, 5) is 11.2. The van der Waals surface area contributed by atoms with Crippen LogP contribution < -0.4 is 5.73 Å². The van der Waals surface area contributed by atoms with Gasteiger partial charge in [-0.25, -0.2) is 0 Å².